The second-order valence-corrected chi connectivity index (χ2v) is 5.98. The highest BCUT2D eigenvalue weighted by Gasteiger charge is 2.18. The minimum atomic E-state index is -0.517. The number of carbonyl (C=O) groups is 2. The fourth-order valence-electron chi connectivity index (χ4n) is 2.12. The Morgan fingerprint density at radius 3 is 2.92 bits per heavy atom. The summed E-state index contributed by atoms with van der Waals surface area (Å²) in [5, 5.41) is 9.40. The highest BCUT2D eigenvalue weighted by Crippen LogP contribution is 2.21. The molecule has 0 unspecified atom stereocenters. The molecule has 24 heavy (non-hydrogen) atoms. The summed E-state index contributed by atoms with van der Waals surface area (Å²) in [6.07, 6.45) is 2.83. The topological polar surface area (TPSA) is 138 Å². The summed E-state index contributed by atoms with van der Waals surface area (Å²) in [5.41, 5.74) is 5.20. The van der Waals surface area contributed by atoms with Crippen molar-refractivity contribution in [3.8, 4) is 0 Å². The molecule has 2 aromatic heterocycles. The van der Waals surface area contributed by atoms with Crippen LogP contribution in [0, 0.1) is 0 Å². The zero-order valence-corrected chi connectivity index (χ0v) is 13.5. The molecule has 0 aliphatic carbocycles. The summed E-state index contributed by atoms with van der Waals surface area (Å²) in [7, 11) is 0. The van der Waals surface area contributed by atoms with Gasteiger partial charge in [-0.15, -0.1) is 0 Å². The highest BCUT2D eigenvalue weighted by atomic mass is 32.1. The van der Waals surface area contributed by atoms with Gasteiger partial charge in [0.15, 0.2) is 5.13 Å². The SMILES string of the molecule is NC(=O)c1cnc(Nc2cc(NCCN3CCNC3=O)ncn2)s1. The molecule has 3 amide bonds. The lowest BCUT2D eigenvalue weighted by Crippen LogP contribution is -2.32. The highest BCUT2D eigenvalue weighted by molar-refractivity contribution is 7.17. The molecule has 1 saturated heterocycles. The molecule has 2 aromatic rings. The zero-order valence-electron chi connectivity index (χ0n) is 12.7. The third-order valence-corrected chi connectivity index (χ3v) is 4.21. The summed E-state index contributed by atoms with van der Waals surface area (Å²) < 4.78 is 0. The standard InChI is InChI=1S/C13H16N8O2S/c14-11(22)8-6-17-12(24-8)20-10-5-9(18-7-19-10)15-1-3-21-4-2-16-13(21)23/h5-7H,1-4H2,(H2,14,22)(H,16,23)(H2,15,17,18,19,20). The largest absolute Gasteiger partial charge is 0.368 e. The Morgan fingerprint density at radius 2 is 2.21 bits per heavy atom. The van der Waals surface area contributed by atoms with Gasteiger partial charge in [-0.2, -0.15) is 0 Å². The van der Waals surface area contributed by atoms with Gasteiger partial charge in [0.2, 0.25) is 0 Å². The van der Waals surface area contributed by atoms with E-state index in [0.29, 0.717) is 47.8 Å². The minimum absolute atomic E-state index is 0.0455. The van der Waals surface area contributed by atoms with Gasteiger partial charge < -0.3 is 26.6 Å². The van der Waals surface area contributed by atoms with E-state index in [0.717, 1.165) is 11.3 Å². The molecule has 3 heterocycles. The Morgan fingerprint density at radius 1 is 1.38 bits per heavy atom. The van der Waals surface area contributed by atoms with Crippen LogP contribution in [0.2, 0.25) is 0 Å². The first-order valence-electron chi connectivity index (χ1n) is 7.23. The van der Waals surface area contributed by atoms with Gasteiger partial charge in [-0.1, -0.05) is 11.3 Å². The first-order valence-corrected chi connectivity index (χ1v) is 8.05. The number of thiazole rings is 1. The number of nitrogens with one attached hydrogen (secondary N) is 3. The molecule has 0 aromatic carbocycles. The van der Waals surface area contributed by atoms with Crippen LogP contribution in [0.1, 0.15) is 9.67 Å². The number of aromatic nitrogens is 3. The molecule has 0 radical (unpaired) electrons. The van der Waals surface area contributed by atoms with Crippen LogP contribution in [0.15, 0.2) is 18.6 Å². The van der Waals surface area contributed by atoms with Gasteiger partial charge >= 0.3 is 6.03 Å². The minimum Gasteiger partial charge on any atom is -0.368 e. The first-order chi connectivity index (χ1) is 11.6. The molecule has 0 bridgehead atoms. The molecular formula is C13H16N8O2S. The van der Waals surface area contributed by atoms with Gasteiger partial charge in [0.1, 0.15) is 22.8 Å². The lowest BCUT2D eigenvalue weighted by Gasteiger charge is -2.14. The van der Waals surface area contributed by atoms with Gasteiger partial charge in [0.05, 0.1) is 6.20 Å². The van der Waals surface area contributed by atoms with E-state index in [9.17, 15) is 9.59 Å². The average Bonchev–Trinajstić information content (AvgIpc) is 3.18. The van der Waals surface area contributed by atoms with Crippen LogP contribution in [0.3, 0.4) is 0 Å². The fraction of sp³-hybridized carbons (Fsp3) is 0.308. The molecule has 0 saturated carbocycles. The summed E-state index contributed by atoms with van der Waals surface area (Å²) in [5.74, 6) is 0.645. The maximum atomic E-state index is 11.4. The molecule has 1 aliphatic heterocycles. The number of nitrogens with two attached hydrogens (primary N) is 1. The quantitative estimate of drug-likeness (QED) is 0.561. The van der Waals surface area contributed by atoms with Crippen molar-refractivity contribution in [1.82, 2.24) is 25.2 Å². The molecule has 0 spiro atoms. The molecular weight excluding hydrogens is 332 g/mol. The van der Waals surface area contributed by atoms with Crippen LogP contribution in [-0.2, 0) is 0 Å². The number of urea groups is 1. The molecule has 0 atom stereocenters. The second-order valence-electron chi connectivity index (χ2n) is 4.95. The molecule has 5 N–H and O–H groups in total. The normalized spacial score (nSPS) is 13.7. The Balaban J connectivity index is 1.55. The zero-order chi connectivity index (χ0) is 16.9. The molecule has 11 heteroatoms. The fourth-order valence-corrected chi connectivity index (χ4v) is 2.80. The van der Waals surface area contributed by atoms with Crippen molar-refractivity contribution in [1.29, 1.82) is 0 Å². The number of carbonyl (C=O) groups excluding carboxylic acids is 2. The number of amides is 3. The smallest absolute Gasteiger partial charge is 0.317 e. The number of anilines is 3. The molecule has 3 rings (SSSR count). The Labute approximate surface area is 141 Å². The third-order valence-electron chi connectivity index (χ3n) is 3.28. The Hall–Kier alpha value is -2.95. The number of rotatable bonds is 7. The predicted octanol–water partition coefficient (Wildman–Crippen LogP) is 0.213. The van der Waals surface area contributed by atoms with Crippen molar-refractivity contribution >= 4 is 40.0 Å². The first kappa shape index (κ1) is 15.9. The van der Waals surface area contributed by atoms with Gasteiger partial charge in [0.25, 0.3) is 5.91 Å². The summed E-state index contributed by atoms with van der Waals surface area (Å²) in [6.45, 7) is 2.56. The number of nitrogens with zero attached hydrogens (tertiary/aromatic N) is 4. The molecule has 10 nitrogen and oxygen atoms in total. The van der Waals surface area contributed by atoms with E-state index >= 15 is 0 Å². The van der Waals surface area contributed by atoms with E-state index in [1.54, 1.807) is 11.0 Å². The van der Waals surface area contributed by atoms with E-state index in [1.807, 2.05) is 0 Å². The van der Waals surface area contributed by atoms with E-state index in [2.05, 4.69) is 30.9 Å². The van der Waals surface area contributed by atoms with Crippen molar-refractivity contribution in [2.75, 3.05) is 36.8 Å². The lowest BCUT2D eigenvalue weighted by molar-refractivity contribution is 0.100. The van der Waals surface area contributed by atoms with E-state index in [4.69, 9.17) is 5.73 Å². The van der Waals surface area contributed by atoms with Crippen LogP contribution in [-0.4, -0.2) is 58.0 Å². The number of hydrogen-bond donors (Lipinski definition) is 4. The van der Waals surface area contributed by atoms with Crippen LogP contribution >= 0.6 is 11.3 Å². The Bertz CT molecular complexity index is 749. The van der Waals surface area contributed by atoms with Gasteiger partial charge in [-0.25, -0.2) is 19.7 Å². The molecule has 1 aliphatic rings. The summed E-state index contributed by atoms with van der Waals surface area (Å²) >= 11 is 1.15. The van der Waals surface area contributed by atoms with Crippen LogP contribution < -0.4 is 21.7 Å². The van der Waals surface area contributed by atoms with Crippen molar-refractivity contribution in [3.05, 3.63) is 23.5 Å². The van der Waals surface area contributed by atoms with E-state index in [-0.39, 0.29) is 6.03 Å². The predicted molar refractivity (Wildman–Crippen MR) is 89.4 cm³/mol. The van der Waals surface area contributed by atoms with Gasteiger partial charge in [-0.05, 0) is 0 Å². The van der Waals surface area contributed by atoms with Crippen LogP contribution in [0.25, 0.3) is 0 Å². The maximum Gasteiger partial charge on any atom is 0.317 e. The number of hydrogen-bond acceptors (Lipinski definition) is 8. The molecule has 1 fully saturated rings. The number of primary amides is 1. The van der Waals surface area contributed by atoms with Crippen LogP contribution in [0.5, 0.6) is 0 Å². The maximum absolute atomic E-state index is 11.4. The van der Waals surface area contributed by atoms with Crippen molar-refractivity contribution in [3.63, 3.8) is 0 Å². The summed E-state index contributed by atoms with van der Waals surface area (Å²) in [6, 6.07) is 1.67. The van der Waals surface area contributed by atoms with Gasteiger partial charge in [-0.3, -0.25) is 4.79 Å². The monoisotopic (exact) mass is 348 g/mol. The Kier molecular flexibility index (Phi) is 4.70. The average molecular weight is 348 g/mol. The van der Waals surface area contributed by atoms with Gasteiger partial charge in [0, 0.05) is 32.2 Å². The van der Waals surface area contributed by atoms with Crippen molar-refractivity contribution in [2.45, 2.75) is 0 Å². The van der Waals surface area contributed by atoms with Crippen LogP contribution in [0.4, 0.5) is 21.6 Å². The van der Waals surface area contributed by atoms with E-state index < -0.39 is 5.91 Å². The lowest BCUT2D eigenvalue weighted by atomic mass is 10.4. The third kappa shape index (κ3) is 3.87. The van der Waals surface area contributed by atoms with Crippen molar-refractivity contribution < 1.29 is 9.59 Å². The van der Waals surface area contributed by atoms with Crippen molar-refractivity contribution in [2.24, 2.45) is 5.73 Å². The second kappa shape index (κ2) is 7.08. The summed E-state index contributed by atoms with van der Waals surface area (Å²) in [4.78, 5) is 36.9. The van der Waals surface area contributed by atoms with E-state index in [1.165, 1.54) is 12.5 Å². The molecule has 126 valence electrons.